The Kier molecular flexibility index (Phi) is 7.69. The lowest BCUT2D eigenvalue weighted by Crippen LogP contribution is -2.37. The van der Waals surface area contributed by atoms with Crippen molar-refractivity contribution in [1.29, 1.82) is 0 Å². The smallest absolute Gasteiger partial charge is 0.404 e. The minimum Gasteiger partial charge on any atom is -0.465 e. The molecule has 1 fully saturated rings. The number of nitrogens with zero attached hydrogens (tertiary/aromatic N) is 3. The van der Waals surface area contributed by atoms with Gasteiger partial charge in [-0.25, -0.2) is 23.5 Å². The number of nitrogens with one attached hydrogen (secondary N) is 2. The van der Waals surface area contributed by atoms with Crippen molar-refractivity contribution < 1.29 is 28.2 Å². The van der Waals surface area contributed by atoms with Crippen molar-refractivity contribution >= 4 is 17.9 Å². The Morgan fingerprint density at radius 2 is 1.86 bits per heavy atom. The SMILES string of the molecule is C[C@@H](NC(=O)c1ccnc(N2CCOCC2)n1)c1ccc(-c2cc(F)cc(F)c2CNC(=O)O)cc1. The molecule has 0 bridgehead atoms. The van der Waals surface area contributed by atoms with Crippen LogP contribution < -0.4 is 15.5 Å². The Balaban J connectivity index is 1.48. The van der Waals surface area contributed by atoms with E-state index in [9.17, 15) is 18.4 Å². The number of hydrogen-bond acceptors (Lipinski definition) is 6. The molecule has 1 atom stereocenters. The van der Waals surface area contributed by atoms with Crippen LogP contribution in [0.2, 0.25) is 0 Å². The van der Waals surface area contributed by atoms with Crippen LogP contribution in [0.25, 0.3) is 11.1 Å². The lowest BCUT2D eigenvalue weighted by Gasteiger charge is -2.26. The lowest BCUT2D eigenvalue weighted by molar-refractivity contribution is 0.0934. The molecule has 4 rings (SSSR count). The average molecular weight is 498 g/mol. The molecule has 11 heteroatoms. The summed E-state index contributed by atoms with van der Waals surface area (Å²) in [5.41, 5.74) is 1.77. The first-order chi connectivity index (χ1) is 17.3. The molecule has 2 amide bonds. The van der Waals surface area contributed by atoms with E-state index in [4.69, 9.17) is 9.84 Å². The van der Waals surface area contributed by atoms with E-state index < -0.39 is 17.7 Å². The number of benzene rings is 2. The van der Waals surface area contributed by atoms with Crippen LogP contribution in [0.15, 0.2) is 48.7 Å². The highest BCUT2D eigenvalue weighted by atomic mass is 19.1. The molecule has 0 radical (unpaired) electrons. The molecule has 3 N–H and O–H groups in total. The van der Waals surface area contributed by atoms with E-state index in [-0.39, 0.29) is 35.3 Å². The summed E-state index contributed by atoms with van der Waals surface area (Å²) in [6.45, 7) is 3.95. The van der Waals surface area contributed by atoms with Gasteiger partial charge < -0.3 is 25.4 Å². The second kappa shape index (κ2) is 11.1. The van der Waals surface area contributed by atoms with E-state index in [1.165, 1.54) is 0 Å². The van der Waals surface area contributed by atoms with Crippen molar-refractivity contribution in [2.45, 2.75) is 19.5 Å². The number of anilines is 1. The van der Waals surface area contributed by atoms with Gasteiger partial charge in [-0.15, -0.1) is 0 Å². The number of halogens is 2. The third-order valence-electron chi connectivity index (χ3n) is 5.82. The van der Waals surface area contributed by atoms with Crippen molar-refractivity contribution in [3.05, 3.63) is 77.1 Å². The van der Waals surface area contributed by atoms with Crippen LogP contribution in [0.3, 0.4) is 0 Å². The zero-order chi connectivity index (χ0) is 25.7. The quantitative estimate of drug-likeness (QED) is 0.457. The molecule has 1 aliphatic heterocycles. The molecule has 3 aromatic rings. The molecule has 0 unspecified atom stereocenters. The number of rotatable bonds is 7. The van der Waals surface area contributed by atoms with Crippen LogP contribution in [0, 0.1) is 11.6 Å². The van der Waals surface area contributed by atoms with E-state index in [1.54, 1.807) is 43.5 Å². The number of hydrogen-bond donors (Lipinski definition) is 3. The number of aromatic nitrogens is 2. The number of carbonyl (C=O) groups is 2. The number of morpholine rings is 1. The average Bonchev–Trinajstić information content (AvgIpc) is 2.88. The molecule has 2 aromatic carbocycles. The van der Waals surface area contributed by atoms with Gasteiger partial charge in [0.15, 0.2) is 0 Å². The van der Waals surface area contributed by atoms with Crippen molar-refractivity contribution in [2.24, 2.45) is 0 Å². The van der Waals surface area contributed by atoms with Gasteiger partial charge in [0.1, 0.15) is 17.3 Å². The van der Waals surface area contributed by atoms with Gasteiger partial charge in [-0.05, 0) is 35.7 Å². The van der Waals surface area contributed by atoms with Crippen LogP contribution >= 0.6 is 0 Å². The van der Waals surface area contributed by atoms with Crippen molar-refractivity contribution in [2.75, 3.05) is 31.2 Å². The van der Waals surface area contributed by atoms with Crippen molar-refractivity contribution in [3.63, 3.8) is 0 Å². The number of ether oxygens (including phenoxy) is 1. The zero-order valence-corrected chi connectivity index (χ0v) is 19.5. The Labute approximate surface area is 206 Å². The Hall–Kier alpha value is -4.12. The van der Waals surface area contributed by atoms with E-state index in [1.807, 2.05) is 4.90 Å². The van der Waals surface area contributed by atoms with Gasteiger partial charge in [0, 0.05) is 37.5 Å². The summed E-state index contributed by atoms with van der Waals surface area (Å²) in [6, 6.07) is 9.82. The fraction of sp³-hybridized carbons (Fsp3) is 0.280. The van der Waals surface area contributed by atoms with Crippen molar-refractivity contribution in [3.8, 4) is 11.1 Å². The first kappa shape index (κ1) is 25.0. The highest BCUT2D eigenvalue weighted by Gasteiger charge is 2.18. The maximum atomic E-state index is 14.4. The van der Waals surface area contributed by atoms with Crippen LogP contribution in [-0.2, 0) is 11.3 Å². The van der Waals surface area contributed by atoms with Gasteiger partial charge in [0.05, 0.1) is 19.3 Å². The summed E-state index contributed by atoms with van der Waals surface area (Å²) in [4.78, 5) is 34.3. The summed E-state index contributed by atoms with van der Waals surface area (Å²) in [5.74, 6) is -1.51. The molecule has 1 saturated heterocycles. The first-order valence-electron chi connectivity index (χ1n) is 11.3. The van der Waals surface area contributed by atoms with Crippen molar-refractivity contribution in [1.82, 2.24) is 20.6 Å². The standard InChI is InChI=1S/C25H25F2N5O4/c1-15(30-23(33)22-6-7-28-24(31-22)32-8-10-36-11-9-32)16-2-4-17(5-3-16)19-12-18(26)13-21(27)20(19)14-29-25(34)35/h2-7,12-13,15,29H,8-11,14H2,1H3,(H,30,33)(H,34,35)/t15-/m1/s1. The normalized spacial score (nSPS) is 14.2. The second-order valence-corrected chi connectivity index (χ2v) is 8.23. The van der Waals surface area contributed by atoms with Crippen LogP contribution in [-0.4, -0.2) is 53.4 Å². The number of carboxylic acid groups (broad SMARTS) is 1. The van der Waals surface area contributed by atoms with Crippen LogP contribution in [0.4, 0.5) is 19.5 Å². The summed E-state index contributed by atoms with van der Waals surface area (Å²) < 4.78 is 33.6. The Bertz CT molecular complexity index is 1250. The first-order valence-corrected chi connectivity index (χ1v) is 11.3. The monoisotopic (exact) mass is 497 g/mol. The minimum absolute atomic E-state index is 0.0349. The third-order valence-corrected chi connectivity index (χ3v) is 5.82. The highest BCUT2D eigenvalue weighted by molar-refractivity contribution is 5.92. The van der Waals surface area contributed by atoms with Gasteiger partial charge in [0.25, 0.3) is 5.91 Å². The van der Waals surface area contributed by atoms with Gasteiger partial charge >= 0.3 is 6.09 Å². The van der Waals surface area contributed by atoms with E-state index in [2.05, 4.69) is 20.6 Å². The highest BCUT2D eigenvalue weighted by Crippen LogP contribution is 2.28. The van der Waals surface area contributed by atoms with E-state index in [0.717, 1.165) is 11.6 Å². The molecule has 9 nitrogen and oxygen atoms in total. The largest absolute Gasteiger partial charge is 0.465 e. The van der Waals surface area contributed by atoms with Gasteiger partial charge in [0.2, 0.25) is 5.95 Å². The lowest BCUT2D eigenvalue weighted by atomic mass is 9.96. The molecular formula is C25H25F2N5O4. The number of carbonyl (C=O) groups excluding carboxylic acids is 1. The number of amides is 2. The predicted molar refractivity (Wildman–Crippen MR) is 128 cm³/mol. The molecule has 188 valence electrons. The summed E-state index contributed by atoms with van der Waals surface area (Å²) in [5, 5.41) is 13.9. The zero-order valence-electron chi connectivity index (χ0n) is 19.5. The summed E-state index contributed by atoms with van der Waals surface area (Å²) >= 11 is 0. The minimum atomic E-state index is -1.31. The Morgan fingerprint density at radius 1 is 1.14 bits per heavy atom. The molecule has 1 aromatic heterocycles. The van der Waals surface area contributed by atoms with Crippen LogP contribution in [0.5, 0.6) is 0 Å². The van der Waals surface area contributed by atoms with Gasteiger partial charge in [-0.1, -0.05) is 24.3 Å². The fourth-order valence-corrected chi connectivity index (χ4v) is 3.90. The van der Waals surface area contributed by atoms with Gasteiger partial charge in [-0.2, -0.15) is 0 Å². The van der Waals surface area contributed by atoms with Gasteiger partial charge in [-0.3, -0.25) is 4.79 Å². The van der Waals surface area contributed by atoms with Crippen LogP contribution in [0.1, 0.15) is 34.6 Å². The topological polar surface area (TPSA) is 117 Å². The maximum Gasteiger partial charge on any atom is 0.404 e. The molecule has 36 heavy (non-hydrogen) atoms. The second-order valence-electron chi connectivity index (χ2n) is 8.23. The van der Waals surface area contributed by atoms with E-state index in [0.29, 0.717) is 43.9 Å². The molecule has 0 saturated carbocycles. The Morgan fingerprint density at radius 3 is 2.56 bits per heavy atom. The molecule has 0 aliphatic carbocycles. The molecule has 2 heterocycles. The summed E-state index contributed by atoms with van der Waals surface area (Å²) in [7, 11) is 0. The maximum absolute atomic E-state index is 14.4. The summed E-state index contributed by atoms with van der Waals surface area (Å²) in [6.07, 6.45) is 0.228. The molecular weight excluding hydrogens is 472 g/mol. The third kappa shape index (κ3) is 5.92. The molecule has 0 spiro atoms. The van der Waals surface area contributed by atoms with E-state index >= 15 is 0 Å². The predicted octanol–water partition coefficient (Wildman–Crippen LogP) is 3.52. The fourth-order valence-electron chi connectivity index (χ4n) is 3.90. The molecule has 1 aliphatic rings.